The van der Waals surface area contributed by atoms with E-state index in [2.05, 4.69) is 19.9 Å². The van der Waals surface area contributed by atoms with E-state index in [0.29, 0.717) is 35.3 Å². The number of carbonyl (C=O) groups is 1. The lowest BCUT2D eigenvalue weighted by Gasteiger charge is -2.38. The molecule has 1 aliphatic carbocycles. The average molecular weight is 411 g/mol. The lowest BCUT2D eigenvalue weighted by atomic mass is 9.72. The van der Waals surface area contributed by atoms with Crippen molar-refractivity contribution in [3.05, 3.63) is 63.9 Å². The average Bonchev–Trinajstić information content (AvgIpc) is 2.91. The molecule has 0 amide bonds. The second-order valence-corrected chi connectivity index (χ2v) is 9.23. The molecule has 0 bridgehead atoms. The summed E-state index contributed by atoms with van der Waals surface area (Å²) in [5, 5.41) is 11.8. The van der Waals surface area contributed by atoms with Gasteiger partial charge in [0, 0.05) is 5.02 Å². The Kier molecular flexibility index (Phi) is 4.98. The SMILES string of the molecule is Cc1cc(-c2ccc(Cl)cc2)c(C)cc1C1=C(O)C2(CCC(C)C(C)C2)OC1=O. The van der Waals surface area contributed by atoms with E-state index >= 15 is 0 Å². The fourth-order valence-corrected chi connectivity index (χ4v) is 4.87. The third kappa shape index (κ3) is 3.36. The summed E-state index contributed by atoms with van der Waals surface area (Å²) in [6.07, 6.45) is 2.30. The highest BCUT2D eigenvalue weighted by molar-refractivity contribution is 6.30. The number of ether oxygens (including phenoxy) is 1. The molecule has 1 heterocycles. The van der Waals surface area contributed by atoms with Gasteiger partial charge in [-0.2, -0.15) is 0 Å². The van der Waals surface area contributed by atoms with Gasteiger partial charge in [0.05, 0.1) is 0 Å². The highest BCUT2D eigenvalue weighted by Gasteiger charge is 2.51. The second kappa shape index (κ2) is 7.21. The third-order valence-electron chi connectivity index (χ3n) is 6.78. The van der Waals surface area contributed by atoms with Crippen molar-refractivity contribution in [2.45, 2.75) is 52.6 Å². The molecule has 3 atom stereocenters. The van der Waals surface area contributed by atoms with Gasteiger partial charge in [0.15, 0.2) is 11.4 Å². The van der Waals surface area contributed by atoms with Gasteiger partial charge in [-0.25, -0.2) is 4.79 Å². The molecule has 1 saturated carbocycles. The first-order valence-corrected chi connectivity index (χ1v) is 10.6. The van der Waals surface area contributed by atoms with Crippen molar-refractivity contribution in [1.29, 1.82) is 0 Å². The van der Waals surface area contributed by atoms with Crippen LogP contribution in [-0.2, 0) is 9.53 Å². The molecule has 2 aromatic carbocycles. The van der Waals surface area contributed by atoms with Crippen LogP contribution in [0.25, 0.3) is 16.7 Å². The third-order valence-corrected chi connectivity index (χ3v) is 7.04. The maximum atomic E-state index is 12.8. The van der Waals surface area contributed by atoms with Crippen LogP contribution in [0.1, 0.15) is 49.8 Å². The van der Waals surface area contributed by atoms with E-state index < -0.39 is 11.6 Å². The van der Waals surface area contributed by atoms with E-state index in [1.54, 1.807) is 0 Å². The first-order valence-electron chi connectivity index (χ1n) is 10.3. The number of hydrogen-bond acceptors (Lipinski definition) is 3. The Morgan fingerprint density at radius 1 is 1.03 bits per heavy atom. The first kappa shape index (κ1) is 20.0. The number of rotatable bonds is 2. The summed E-state index contributed by atoms with van der Waals surface area (Å²) < 4.78 is 5.83. The van der Waals surface area contributed by atoms with Gasteiger partial charge in [-0.1, -0.05) is 49.7 Å². The van der Waals surface area contributed by atoms with Crippen molar-refractivity contribution in [3.63, 3.8) is 0 Å². The summed E-state index contributed by atoms with van der Waals surface area (Å²) >= 11 is 6.02. The maximum absolute atomic E-state index is 12.8. The molecule has 2 aliphatic rings. The lowest BCUT2D eigenvalue weighted by molar-refractivity contribution is -0.152. The Bertz CT molecular complexity index is 1010. The molecule has 0 aromatic heterocycles. The van der Waals surface area contributed by atoms with E-state index in [0.717, 1.165) is 34.2 Å². The van der Waals surface area contributed by atoms with Gasteiger partial charge in [-0.3, -0.25) is 0 Å². The Balaban J connectivity index is 1.77. The van der Waals surface area contributed by atoms with Gasteiger partial charge >= 0.3 is 5.97 Å². The van der Waals surface area contributed by atoms with Gasteiger partial charge in [0.1, 0.15) is 5.57 Å². The van der Waals surface area contributed by atoms with Crippen LogP contribution in [0.15, 0.2) is 42.2 Å². The van der Waals surface area contributed by atoms with Gasteiger partial charge in [-0.05, 0) is 84.9 Å². The Morgan fingerprint density at radius 2 is 1.66 bits per heavy atom. The minimum absolute atomic E-state index is 0.114. The smallest absolute Gasteiger partial charge is 0.343 e. The van der Waals surface area contributed by atoms with Crippen LogP contribution in [0.3, 0.4) is 0 Å². The zero-order valence-corrected chi connectivity index (χ0v) is 18.1. The van der Waals surface area contributed by atoms with Crippen molar-refractivity contribution < 1.29 is 14.6 Å². The molecular formula is C25H27ClO3. The van der Waals surface area contributed by atoms with E-state index in [-0.39, 0.29) is 5.76 Å². The molecule has 1 spiro atoms. The van der Waals surface area contributed by atoms with E-state index in [1.807, 2.05) is 44.2 Å². The fraction of sp³-hybridized carbons (Fsp3) is 0.400. The van der Waals surface area contributed by atoms with Crippen molar-refractivity contribution in [2.75, 3.05) is 0 Å². The van der Waals surface area contributed by atoms with Crippen LogP contribution in [0.2, 0.25) is 5.02 Å². The molecule has 3 unspecified atom stereocenters. The molecule has 4 rings (SSSR count). The van der Waals surface area contributed by atoms with Crippen molar-refractivity contribution in [3.8, 4) is 11.1 Å². The summed E-state index contributed by atoms with van der Waals surface area (Å²) in [5.41, 5.74) is 4.36. The molecule has 2 aromatic rings. The van der Waals surface area contributed by atoms with Crippen LogP contribution in [0, 0.1) is 25.7 Å². The molecule has 1 aliphatic heterocycles. The molecule has 1 N–H and O–H groups in total. The summed E-state index contributed by atoms with van der Waals surface area (Å²) in [6, 6.07) is 11.8. The number of halogens is 1. The topological polar surface area (TPSA) is 46.5 Å². The normalized spacial score (nSPS) is 26.9. The monoisotopic (exact) mass is 410 g/mol. The highest BCUT2D eigenvalue weighted by Crippen LogP contribution is 2.49. The molecular weight excluding hydrogens is 384 g/mol. The number of aliphatic hydroxyl groups is 1. The van der Waals surface area contributed by atoms with Crippen LogP contribution in [0.5, 0.6) is 0 Å². The van der Waals surface area contributed by atoms with Crippen LogP contribution in [-0.4, -0.2) is 16.7 Å². The standard InChI is InChI=1S/C25H27ClO3/c1-14-9-10-25(13-17(14)4)23(27)22(24(28)29-25)21-12-15(2)20(11-16(21)3)18-5-7-19(26)8-6-18/h5-8,11-12,14,17,27H,9-10,13H2,1-4H3. The van der Waals surface area contributed by atoms with Crippen molar-refractivity contribution in [1.82, 2.24) is 0 Å². The molecule has 0 radical (unpaired) electrons. The number of aryl methyl sites for hydroxylation is 2. The quantitative estimate of drug-likeness (QED) is 0.564. The maximum Gasteiger partial charge on any atom is 0.343 e. The van der Waals surface area contributed by atoms with Crippen LogP contribution >= 0.6 is 11.6 Å². The number of carbonyl (C=O) groups excluding carboxylic acids is 1. The molecule has 1 fully saturated rings. The second-order valence-electron chi connectivity index (χ2n) is 8.79. The summed E-state index contributed by atoms with van der Waals surface area (Å²) in [5.74, 6) is 0.668. The van der Waals surface area contributed by atoms with Gasteiger partial charge in [0.25, 0.3) is 0 Å². The molecule has 3 nitrogen and oxygen atoms in total. The van der Waals surface area contributed by atoms with E-state index in [9.17, 15) is 9.90 Å². The first-order chi connectivity index (χ1) is 13.7. The Hall–Kier alpha value is -2.26. The molecule has 29 heavy (non-hydrogen) atoms. The van der Waals surface area contributed by atoms with Gasteiger partial charge < -0.3 is 9.84 Å². The lowest BCUT2D eigenvalue weighted by Crippen LogP contribution is -2.40. The molecule has 152 valence electrons. The Labute approximate surface area is 177 Å². The predicted molar refractivity (Wildman–Crippen MR) is 117 cm³/mol. The summed E-state index contributed by atoms with van der Waals surface area (Å²) in [7, 11) is 0. The zero-order chi connectivity index (χ0) is 20.9. The van der Waals surface area contributed by atoms with Crippen molar-refractivity contribution in [2.24, 2.45) is 11.8 Å². The minimum atomic E-state index is -0.854. The van der Waals surface area contributed by atoms with E-state index in [1.165, 1.54) is 0 Å². The molecule has 4 heteroatoms. The zero-order valence-electron chi connectivity index (χ0n) is 17.4. The largest absolute Gasteiger partial charge is 0.507 e. The number of esters is 1. The fourth-order valence-electron chi connectivity index (χ4n) is 4.74. The predicted octanol–water partition coefficient (Wildman–Crippen LogP) is 6.64. The van der Waals surface area contributed by atoms with Gasteiger partial charge in [0.2, 0.25) is 0 Å². The number of hydrogen-bond donors (Lipinski definition) is 1. The van der Waals surface area contributed by atoms with Crippen LogP contribution in [0.4, 0.5) is 0 Å². The Morgan fingerprint density at radius 3 is 2.31 bits per heavy atom. The summed E-state index contributed by atoms with van der Waals surface area (Å²) in [4.78, 5) is 12.8. The highest BCUT2D eigenvalue weighted by atomic mass is 35.5. The number of benzene rings is 2. The molecule has 0 saturated heterocycles. The minimum Gasteiger partial charge on any atom is -0.507 e. The summed E-state index contributed by atoms with van der Waals surface area (Å²) in [6.45, 7) is 8.38. The number of aliphatic hydroxyl groups excluding tert-OH is 1. The van der Waals surface area contributed by atoms with Crippen molar-refractivity contribution >= 4 is 23.1 Å². The van der Waals surface area contributed by atoms with E-state index in [4.69, 9.17) is 16.3 Å². The van der Waals surface area contributed by atoms with Gasteiger partial charge in [-0.15, -0.1) is 0 Å². The van der Waals surface area contributed by atoms with Crippen LogP contribution < -0.4 is 0 Å².